The van der Waals surface area contributed by atoms with Gasteiger partial charge >= 0.3 is 0 Å². The van der Waals surface area contributed by atoms with Crippen LogP contribution in [0.2, 0.25) is 0 Å². The summed E-state index contributed by atoms with van der Waals surface area (Å²) in [5, 5.41) is 0. The largest absolute Gasteiger partial charge is 0.0991 e. The van der Waals surface area contributed by atoms with Crippen LogP contribution in [0.5, 0.6) is 0 Å². The summed E-state index contributed by atoms with van der Waals surface area (Å²) in [4.78, 5) is 0. The first kappa shape index (κ1) is 9.48. The molecule has 0 atom stereocenters. The minimum Gasteiger partial charge on any atom is -0.0991 e. The van der Waals surface area contributed by atoms with Crippen LogP contribution in [0.1, 0.15) is 32.6 Å². The maximum Gasteiger partial charge on any atom is -0.0345 e. The van der Waals surface area contributed by atoms with Gasteiger partial charge in [0.2, 0.25) is 0 Å². The van der Waals surface area contributed by atoms with Gasteiger partial charge in [0.15, 0.2) is 0 Å². The summed E-state index contributed by atoms with van der Waals surface area (Å²) in [5.41, 5.74) is 0. The van der Waals surface area contributed by atoms with Crippen molar-refractivity contribution in [2.75, 3.05) is 0 Å². The highest BCUT2D eigenvalue weighted by Crippen LogP contribution is 2.01. The molecule has 0 fully saturated rings. The quantitative estimate of drug-likeness (QED) is 0.388. The van der Waals surface area contributed by atoms with Crippen molar-refractivity contribution in [1.29, 1.82) is 0 Å². The zero-order chi connectivity index (χ0) is 7.66. The fourth-order valence-electron chi connectivity index (χ4n) is 0.755. The van der Waals surface area contributed by atoms with E-state index in [0.717, 1.165) is 6.42 Å². The van der Waals surface area contributed by atoms with Crippen LogP contribution in [0.25, 0.3) is 0 Å². The Morgan fingerprint density at radius 2 is 2.00 bits per heavy atom. The summed E-state index contributed by atoms with van der Waals surface area (Å²) in [7, 11) is 0. The van der Waals surface area contributed by atoms with Crippen molar-refractivity contribution in [3.63, 3.8) is 0 Å². The fraction of sp³-hybridized carbons (Fsp3) is 0.500. The molecular weight excluding hydrogens is 120 g/mol. The van der Waals surface area contributed by atoms with Crippen molar-refractivity contribution in [1.82, 2.24) is 0 Å². The molecule has 0 N–H and O–H groups in total. The molecule has 10 heavy (non-hydrogen) atoms. The Morgan fingerprint density at radius 1 is 1.20 bits per heavy atom. The number of rotatable bonds is 6. The van der Waals surface area contributed by atoms with Crippen LogP contribution in [0.15, 0.2) is 24.8 Å². The summed E-state index contributed by atoms with van der Waals surface area (Å²) >= 11 is 0. The van der Waals surface area contributed by atoms with E-state index in [0.29, 0.717) is 0 Å². The first-order valence-corrected chi connectivity index (χ1v) is 4.01. The van der Waals surface area contributed by atoms with Crippen molar-refractivity contribution in [2.24, 2.45) is 0 Å². The Morgan fingerprint density at radius 3 is 2.60 bits per heavy atom. The smallest absolute Gasteiger partial charge is 0.0345 e. The Labute approximate surface area is 64.6 Å². The molecule has 0 amide bonds. The molecule has 0 saturated heterocycles. The van der Waals surface area contributed by atoms with Crippen LogP contribution >= 0.6 is 0 Å². The molecule has 0 aliphatic heterocycles. The van der Waals surface area contributed by atoms with E-state index < -0.39 is 0 Å². The highest BCUT2D eigenvalue weighted by Gasteiger charge is 1.83. The van der Waals surface area contributed by atoms with E-state index in [2.05, 4.69) is 26.0 Å². The van der Waals surface area contributed by atoms with Crippen LogP contribution in [0.3, 0.4) is 0 Å². The number of hydrogen-bond donors (Lipinski definition) is 0. The van der Waals surface area contributed by atoms with Crippen molar-refractivity contribution in [3.8, 4) is 0 Å². The lowest BCUT2D eigenvalue weighted by Crippen LogP contribution is -1.74. The van der Waals surface area contributed by atoms with Gasteiger partial charge in [0, 0.05) is 0 Å². The normalized spacial score (nSPS) is 10.5. The second-order valence-corrected chi connectivity index (χ2v) is 2.32. The molecule has 0 nitrogen and oxygen atoms in total. The van der Waals surface area contributed by atoms with Crippen LogP contribution in [-0.2, 0) is 0 Å². The monoisotopic (exact) mass is 137 g/mol. The molecule has 0 rings (SSSR count). The summed E-state index contributed by atoms with van der Waals surface area (Å²) in [6, 6.07) is 0. The average Bonchev–Trinajstić information content (AvgIpc) is 1.97. The zero-order valence-electron chi connectivity index (χ0n) is 6.84. The summed E-state index contributed by atoms with van der Waals surface area (Å²) in [5.74, 6) is 0. The second-order valence-electron chi connectivity index (χ2n) is 2.32. The topological polar surface area (TPSA) is 0 Å². The SMILES string of the molecule is C=C/C=C/CC[CH]CCC. The van der Waals surface area contributed by atoms with Crippen molar-refractivity contribution in [3.05, 3.63) is 31.2 Å². The molecule has 0 heterocycles. The first-order chi connectivity index (χ1) is 4.91. The lowest BCUT2D eigenvalue weighted by Gasteiger charge is -1.92. The van der Waals surface area contributed by atoms with Crippen LogP contribution < -0.4 is 0 Å². The molecule has 0 aromatic heterocycles. The number of hydrogen-bond acceptors (Lipinski definition) is 0. The molecule has 0 unspecified atom stereocenters. The van der Waals surface area contributed by atoms with Crippen molar-refractivity contribution >= 4 is 0 Å². The third-order valence-corrected chi connectivity index (χ3v) is 1.30. The zero-order valence-corrected chi connectivity index (χ0v) is 6.84. The predicted molar refractivity (Wildman–Crippen MR) is 47.8 cm³/mol. The van der Waals surface area contributed by atoms with E-state index in [4.69, 9.17) is 0 Å². The van der Waals surface area contributed by atoms with Gasteiger partial charge in [-0.25, -0.2) is 0 Å². The third-order valence-electron chi connectivity index (χ3n) is 1.30. The molecule has 0 spiro atoms. The van der Waals surface area contributed by atoms with Gasteiger partial charge in [-0.1, -0.05) is 44.6 Å². The van der Waals surface area contributed by atoms with Gasteiger partial charge in [0.1, 0.15) is 0 Å². The maximum atomic E-state index is 3.60. The summed E-state index contributed by atoms with van der Waals surface area (Å²) in [6.07, 6.45) is 13.2. The van der Waals surface area contributed by atoms with Crippen LogP contribution in [-0.4, -0.2) is 0 Å². The maximum absolute atomic E-state index is 3.60. The van der Waals surface area contributed by atoms with Gasteiger partial charge in [0.05, 0.1) is 0 Å². The molecule has 0 aromatic carbocycles. The minimum absolute atomic E-state index is 1.16. The average molecular weight is 137 g/mol. The van der Waals surface area contributed by atoms with Gasteiger partial charge in [0.25, 0.3) is 0 Å². The van der Waals surface area contributed by atoms with Crippen molar-refractivity contribution in [2.45, 2.75) is 32.6 Å². The van der Waals surface area contributed by atoms with Gasteiger partial charge < -0.3 is 0 Å². The van der Waals surface area contributed by atoms with Gasteiger partial charge in [-0.2, -0.15) is 0 Å². The minimum atomic E-state index is 1.16. The van der Waals surface area contributed by atoms with Crippen molar-refractivity contribution < 1.29 is 0 Å². The van der Waals surface area contributed by atoms with Gasteiger partial charge in [-0.05, 0) is 19.3 Å². The molecular formula is C10H17. The van der Waals surface area contributed by atoms with E-state index in [1.54, 1.807) is 0 Å². The molecule has 0 aromatic rings. The highest BCUT2D eigenvalue weighted by atomic mass is 13.9. The van der Waals surface area contributed by atoms with Gasteiger partial charge in [-0.15, -0.1) is 0 Å². The number of allylic oxidation sites excluding steroid dienone is 3. The Hall–Kier alpha value is -0.520. The van der Waals surface area contributed by atoms with E-state index in [1.807, 2.05) is 12.2 Å². The van der Waals surface area contributed by atoms with E-state index in [9.17, 15) is 0 Å². The van der Waals surface area contributed by atoms with E-state index >= 15 is 0 Å². The molecule has 57 valence electrons. The highest BCUT2D eigenvalue weighted by molar-refractivity contribution is 4.97. The summed E-state index contributed by atoms with van der Waals surface area (Å²) < 4.78 is 0. The summed E-state index contributed by atoms with van der Waals surface area (Å²) in [6.45, 7) is 5.80. The predicted octanol–water partition coefficient (Wildman–Crippen LogP) is 3.51. The second kappa shape index (κ2) is 8.48. The molecule has 1 radical (unpaired) electrons. The molecule has 0 heteroatoms. The van der Waals surface area contributed by atoms with Crippen LogP contribution in [0.4, 0.5) is 0 Å². The van der Waals surface area contributed by atoms with Gasteiger partial charge in [-0.3, -0.25) is 0 Å². The van der Waals surface area contributed by atoms with Crippen LogP contribution in [0, 0.1) is 6.42 Å². The Kier molecular flexibility index (Phi) is 8.04. The Bertz CT molecular complexity index is 90.2. The lowest BCUT2D eigenvalue weighted by atomic mass is 10.1. The standard InChI is InChI=1S/C10H17/c1-3-5-7-9-10-8-6-4-2/h3,5,7-8H,1,4,6,9-10H2,2H3/b7-5+. The molecule has 0 saturated carbocycles. The molecule has 0 aliphatic carbocycles. The number of unbranched alkanes of at least 4 members (excludes halogenated alkanes) is 4. The van der Waals surface area contributed by atoms with E-state index in [-0.39, 0.29) is 0 Å². The Balaban J connectivity index is 2.90. The lowest BCUT2D eigenvalue weighted by molar-refractivity contribution is 0.822. The molecule has 0 bridgehead atoms. The fourth-order valence-corrected chi connectivity index (χ4v) is 0.755. The first-order valence-electron chi connectivity index (χ1n) is 4.01. The third kappa shape index (κ3) is 7.48. The van der Waals surface area contributed by atoms with E-state index in [1.165, 1.54) is 19.3 Å². The molecule has 0 aliphatic rings.